The summed E-state index contributed by atoms with van der Waals surface area (Å²) >= 11 is 0. The summed E-state index contributed by atoms with van der Waals surface area (Å²) < 4.78 is 0. The minimum absolute atomic E-state index is 0.0747. The molecule has 0 aliphatic rings. The Morgan fingerprint density at radius 1 is 1.69 bits per heavy atom. The molecule has 1 atom stereocenters. The fourth-order valence-corrected chi connectivity index (χ4v) is 0.986. The molecule has 13 heavy (non-hydrogen) atoms. The molecule has 1 N–H and O–H groups in total. The van der Waals surface area contributed by atoms with Gasteiger partial charge in [-0.15, -0.1) is 10.2 Å². The van der Waals surface area contributed by atoms with Crippen LogP contribution >= 0.6 is 0 Å². The summed E-state index contributed by atoms with van der Waals surface area (Å²) in [5.41, 5.74) is -1.08. The fourth-order valence-electron chi connectivity index (χ4n) is 0.986. The van der Waals surface area contributed by atoms with Crippen molar-refractivity contribution < 1.29 is 9.90 Å². The third kappa shape index (κ3) is 2.90. The largest absolute Gasteiger partial charge is 0.389 e. The molecule has 1 aromatic rings. The second kappa shape index (κ2) is 3.61. The minimum atomic E-state index is -1.08. The number of carbonyl (C=O) groups excluding carboxylic acids is 1. The van der Waals surface area contributed by atoms with Gasteiger partial charge < -0.3 is 9.90 Å². The topological polar surface area (TPSA) is 80.9 Å². The highest BCUT2D eigenvalue weighted by molar-refractivity contribution is 5.51. The van der Waals surface area contributed by atoms with Crippen LogP contribution in [0.4, 0.5) is 0 Å². The monoisotopic (exact) mass is 184 g/mol. The molecular weight excluding hydrogens is 172 g/mol. The van der Waals surface area contributed by atoms with Crippen molar-refractivity contribution in [3.8, 4) is 0 Å². The average Bonchev–Trinajstić information content (AvgIpc) is 2.34. The van der Waals surface area contributed by atoms with Crippen LogP contribution in [-0.2, 0) is 18.3 Å². The van der Waals surface area contributed by atoms with E-state index in [1.165, 1.54) is 4.80 Å². The molecule has 0 saturated carbocycles. The molecule has 6 nitrogen and oxygen atoms in total. The Bertz CT molecular complexity index is 294. The van der Waals surface area contributed by atoms with Crippen LogP contribution in [0.1, 0.15) is 19.2 Å². The van der Waals surface area contributed by atoms with Gasteiger partial charge in [0.05, 0.1) is 12.6 Å². The van der Waals surface area contributed by atoms with Gasteiger partial charge in [-0.2, -0.15) is 4.80 Å². The number of hydrogen-bond acceptors (Lipinski definition) is 5. The molecule has 72 valence electrons. The number of carbonyl (C=O) groups is 1. The normalized spacial score (nSPS) is 15.3. The van der Waals surface area contributed by atoms with E-state index in [1.807, 2.05) is 0 Å². The molecule has 0 aromatic carbocycles. The summed E-state index contributed by atoms with van der Waals surface area (Å²) in [5, 5.41) is 20.9. The van der Waals surface area contributed by atoms with Crippen molar-refractivity contribution >= 4 is 6.29 Å². The first-order chi connectivity index (χ1) is 6.03. The number of aromatic nitrogens is 4. The lowest BCUT2D eigenvalue weighted by Crippen LogP contribution is -2.28. The highest BCUT2D eigenvalue weighted by Gasteiger charge is 2.22. The predicted molar refractivity (Wildman–Crippen MR) is 43.8 cm³/mol. The van der Waals surface area contributed by atoms with Gasteiger partial charge in [0.2, 0.25) is 0 Å². The maximum absolute atomic E-state index is 10.2. The van der Waals surface area contributed by atoms with Gasteiger partial charge in [-0.1, -0.05) is 0 Å². The molecule has 0 fully saturated rings. The van der Waals surface area contributed by atoms with Crippen LogP contribution < -0.4 is 0 Å². The van der Waals surface area contributed by atoms with E-state index in [1.54, 1.807) is 14.0 Å². The van der Waals surface area contributed by atoms with E-state index >= 15 is 0 Å². The lowest BCUT2D eigenvalue weighted by molar-refractivity contribution is -0.111. The summed E-state index contributed by atoms with van der Waals surface area (Å²) in [4.78, 5) is 11.5. The molecule has 0 aliphatic carbocycles. The molecule has 6 heteroatoms. The molecule has 0 amide bonds. The molecule has 0 bridgehead atoms. The van der Waals surface area contributed by atoms with Crippen LogP contribution in [0.15, 0.2) is 0 Å². The Kier molecular flexibility index (Phi) is 2.72. The fraction of sp³-hybridized carbons (Fsp3) is 0.714. The summed E-state index contributed by atoms with van der Waals surface area (Å²) in [5.74, 6) is 0.439. The van der Waals surface area contributed by atoms with Gasteiger partial charge in [-0.25, -0.2) is 0 Å². The van der Waals surface area contributed by atoms with E-state index in [0.717, 1.165) is 0 Å². The van der Waals surface area contributed by atoms with E-state index in [-0.39, 0.29) is 12.8 Å². The second-order valence-corrected chi connectivity index (χ2v) is 3.24. The third-order valence-electron chi connectivity index (χ3n) is 1.61. The lowest BCUT2D eigenvalue weighted by atomic mass is 9.99. The Hall–Kier alpha value is -1.30. The number of nitrogens with zero attached hydrogens (tertiary/aromatic N) is 4. The SMILES string of the molecule is Cn1nnc(CC(C)(O)CC=O)n1. The van der Waals surface area contributed by atoms with Crippen molar-refractivity contribution in [3.63, 3.8) is 0 Å². The van der Waals surface area contributed by atoms with Crippen LogP contribution in [-0.4, -0.2) is 37.2 Å². The van der Waals surface area contributed by atoms with Crippen molar-refractivity contribution in [3.05, 3.63) is 5.82 Å². The van der Waals surface area contributed by atoms with Gasteiger partial charge in [0.1, 0.15) is 6.29 Å². The number of tetrazole rings is 1. The van der Waals surface area contributed by atoms with E-state index in [4.69, 9.17) is 0 Å². The smallest absolute Gasteiger partial charge is 0.177 e. The number of aliphatic hydroxyl groups is 1. The standard InChI is InChI=1S/C7H12N4O2/c1-7(13,3-4-12)5-6-8-10-11(2)9-6/h4,13H,3,5H2,1-2H3. The van der Waals surface area contributed by atoms with Crippen molar-refractivity contribution in [1.82, 2.24) is 20.2 Å². The van der Waals surface area contributed by atoms with Crippen LogP contribution in [0.2, 0.25) is 0 Å². The molecule has 0 spiro atoms. The summed E-state index contributed by atoms with van der Waals surface area (Å²) in [6.45, 7) is 1.57. The van der Waals surface area contributed by atoms with Gasteiger partial charge in [-0.05, 0) is 12.1 Å². The van der Waals surface area contributed by atoms with Crippen LogP contribution in [0.3, 0.4) is 0 Å². The maximum atomic E-state index is 10.2. The van der Waals surface area contributed by atoms with Gasteiger partial charge in [-0.3, -0.25) is 0 Å². The first-order valence-corrected chi connectivity index (χ1v) is 3.92. The zero-order chi connectivity index (χ0) is 9.90. The minimum Gasteiger partial charge on any atom is -0.389 e. The predicted octanol–water partition coefficient (Wildman–Crippen LogP) is -0.907. The molecule has 1 heterocycles. The Morgan fingerprint density at radius 3 is 2.85 bits per heavy atom. The molecule has 1 rings (SSSR count). The van der Waals surface area contributed by atoms with Gasteiger partial charge in [0.15, 0.2) is 5.82 Å². The maximum Gasteiger partial charge on any atom is 0.177 e. The van der Waals surface area contributed by atoms with Gasteiger partial charge >= 0.3 is 0 Å². The highest BCUT2D eigenvalue weighted by Crippen LogP contribution is 2.11. The number of aldehydes is 1. The zero-order valence-corrected chi connectivity index (χ0v) is 7.64. The Labute approximate surface area is 75.6 Å². The zero-order valence-electron chi connectivity index (χ0n) is 7.64. The van der Waals surface area contributed by atoms with Crippen LogP contribution in [0.25, 0.3) is 0 Å². The first-order valence-electron chi connectivity index (χ1n) is 3.92. The molecule has 0 radical (unpaired) electrons. The molecule has 0 aliphatic heterocycles. The van der Waals surface area contributed by atoms with E-state index in [0.29, 0.717) is 12.1 Å². The summed E-state index contributed by atoms with van der Waals surface area (Å²) in [7, 11) is 1.64. The van der Waals surface area contributed by atoms with E-state index in [9.17, 15) is 9.90 Å². The quantitative estimate of drug-likeness (QED) is 0.613. The number of hydrogen-bond donors (Lipinski definition) is 1. The van der Waals surface area contributed by atoms with E-state index < -0.39 is 5.60 Å². The van der Waals surface area contributed by atoms with Crippen LogP contribution in [0.5, 0.6) is 0 Å². The first kappa shape index (κ1) is 9.79. The molecule has 1 unspecified atom stereocenters. The molecule has 1 aromatic heterocycles. The Morgan fingerprint density at radius 2 is 2.38 bits per heavy atom. The molecular formula is C7H12N4O2. The van der Waals surface area contributed by atoms with Crippen molar-refractivity contribution in [1.29, 1.82) is 0 Å². The summed E-state index contributed by atoms with van der Waals surface area (Å²) in [6.07, 6.45) is 0.987. The van der Waals surface area contributed by atoms with Crippen molar-refractivity contribution in [2.45, 2.75) is 25.4 Å². The van der Waals surface area contributed by atoms with Crippen molar-refractivity contribution in [2.75, 3.05) is 0 Å². The van der Waals surface area contributed by atoms with Crippen LogP contribution in [0, 0.1) is 0 Å². The Balaban J connectivity index is 2.62. The molecule has 0 saturated heterocycles. The average molecular weight is 184 g/mol. The second-order valence-electron chi connectivity index (χ2n) is 3.24. The number of rotatable bonds is 4. The van der Waals surface area contributed by atoms with Gasteiger partial charge in [0, 0.05) is 12.8 Å². The lowest BCUT2D eigenvalue weighted by Gasteiger charge is -2.17. The number of aryl methyl sites for hydroxylation is 1. The van der Waals surface area contributed by atoms with E-state index in [2.05, 4.69) is 15.4 Å². The van der Waals surface area contributed by atoms with Crippen molar-refractivity contribution in [2.24, 2.45) is 7.05 Å². The van der Waals surface area contributed by atoms with Gasteiger partial charge in [0.25, 0.3) is 0 Å². The summed E-state index contributed by atoms with van der Waals surface area (Å²) in [6, 6.07) is 0. The highest BCUT2D eigenvalue weighted by atomic mass is 16.3. The third-order valence-corrected chi connectivity index (χ3v) is 1.61.